The molecule has 1 aliphatic heterocycles. The Bertz CT molecular complexity index is 661. The number of fused-ring (bicyclic) bond motifs is 1. The molecule has 1 fully saturated rings. The maximum Gasteiger partial charge on any atom is 0.218 e. The molecule has 0 unspecified atom stereocenters. The second-order valence-electron chi connectivity index (χ2n) is 4.45. The zero-order valence-electron chi connectivity index (χ0n) is 10.7. The van der Waals surface area contributed by atoms with E-state index in [-0.39, 0.29) is 5.88 Å². The normalized spacial score (nSPS) is 16.1. The van der Waals surface area contributed by atoms with Gasteiger partial charge in [0.1, 0.15) is 0 Å². The highest BCUT2D eigenvalue weighted by Crippen LogP contribution is 2.35. The van der Waals surface area contributed by atoms with Gasteiger partial charge in [-0.05, 0) is 18.3 Å². The van der Waals surface area contributed by atoms with Gasteiger partial charge in [0, 0.05) is 18.5 Å². The quantitative estimate of drug-likeness (QED) is 0.625. The second kappa shape index (κ2) is 5.56. The van der Waals surface area contributed by atoms with Gasteiger partial charge in [-0.3, -0.25) is 0 Å². The third-order valence-corrected chi connectivity index (χ3v) is 3.52. The van der Waals surface area contributed by atoms with Crippen molar-refractivity contribution in [1.82, 2.24) is 9.88 Å². The fourth-order valence-corrected chi connectivity index (χ4v) is 2.35. The van der Waals surface area contributed by atoms with Crippen LogP contribution in [0, 0.1) is 0 Å². The first-order chi connectivity index (χ1) is 9.75. The Hall–Kier alpha value is -1.99. The molecule has 6 nitrogen and oxygen atoms in total. The number of aromatic nitrogens is 1. The van der Waals surface area contributed by atoms with E-state index in [0.29, 0.717) is 24.0 Å². The maximum atomic E-state index is 9.87. The molecular weight excluding hydrogens is 276 g/mol. The number of rotatable bonds is 1. The van der Waals surface area contributed by atoms with Gasteiger partial charge in [-0.15, -0.1) is 10.2 Å². The molecule has 0 amide bonds. The lowest BCUT2D eigenvalue weighted by Gasteiger charge is -2.26. The Morgan fingerprint density at radius 2 is 2.05 bits per heavy atom. The molecule has 7 heteroatoms. The van der Waals surface area contributed by atoms with Crippen molar-refractivity contribution in [2.24, 2.45) is 10.2 Å². The van der Waals surface area contributed by atoms with Crippen LogP contribution in [0.3, 0.4) is 0 Å². The highest BCUT2D eigenvalue weighted by molar-refractivity contribution is 7.80. The van der Waals surface area contributed by atoms with Gasteiger partial charge < -0.3 is 19.7 Å². The molecule has 2 N–H and O–H groups in total. The Morgan fingerprint density at radius 1 is 1.30 bits per heavy atom. The average Bonchev–Trinajstić information content (AvgIpc) is 2.81. The number of aromatic amines is 1. The minimum atomic E-state index is -0.000252. The van der Waals surface area contributed by atoms with Crippen LogP contribution in [0.5, 0.6) is 5.88 Å². The number of benzene rings is 1. The van der Waals surface area contributed by atoms with E-state index >= 15 is 0 Å². The molecule has 0 saturated carbocycles. The topological polar surface area (TPSA) is 73.2 Å². The number of ether oxygens (including phenoxy) is 1. The number of hydrogen-bond donors (Lipinski definition) is 2. The lowest BCUT2D eigenvalue weighted by molar-refractivity contribution is 0.0685. The molecule has 1 aliphatic rings. The van der Waals surface area contributed by atoms with Gasteiger partial charge in [0.05, 0.1) is 18.7 Å². The summed E-state index contributed by atoms with van der Waals surface area (Å²) in [5, 5.41) is 19.2. The fourth-order valence-electron chi connectivity index (χ4n) is 2.12. The summed E-state index contributed by atoms with van der Waals surface area (Å²) in [7, 11) is 0. The van der Waals surface area contributed by atoms with Crippen molar-refractivity contribution < 1.29 is 9.84 Å². The molecule has 3 rings (SSSR count). The van der Waals surface area contributed by atoms with E-state index in [9.17, 15) is 5.11 Å². The summed E-state index contributed by atoms with van der Waals surface area (Å²) in [4.78, 5) is 4.79. The van der Waals surface area contributed by atoms with E-state index in [2.05, 4.69) is 15.2 Å². The molecule has 0 atom stereocenters. The third kappa shape index (κ3) is 2.50. The van der Waals surface area contributed by atoms with Crippen LogP contribution in [0.2, 0.25) is 0 Å². The molecule has 1 saturated heterocycles. The van der Waals surface area contributed by atoms with Gasteiger partial charge in [-0.2, -0.15) is 0 Å². The van der Waals surface area contributed by atoms with Crippen molar-refractivity contribution >= 4 is 33.9 Å². The number of aromatic hydroxyl groups is 1. The van der Waals surface area contributed by atoms with Crippen molar-refractivity contribution in [1.29, 1.82) is 0 Å². The van der Waals surface area contributed by atoms with Crippen LogP contribution in [0.25, 0.3) is 10.9 Å². The molecule has 0 spiro atoms. The van der Waals surface area contributed by atoms with E-state index < -0.39 is 0 Å². The third-order valence-electron chi connectivity index (χ3n) is 3.18. The van der Waals surface area contributed by atoms with Crippen molar-refractivity contribution in [3.8, 4) is 5.88 Å². The molecule has 1 aromatic carbocycles. The van der Waals surface area contributed by atoms with Crippen LogP contribution in [-0.2, 0) is 4.74 Å². The van der Waals surface area contributed by atoms with Crippen molar-refractivity contribution in [3.05, 3.63) is 24.3 Å². The zero-order chi connectivity index (χ0) is 13.9. The summed E-state index contributed by atoms with van der Waals surface area (Å²) in [5.74, 6) is -0.000252. The standard InChI is InChI=1S/C13H14N4O2S/c18-12-11(9-3-1-2-4-10(9)14-12)15-16-13(20)17-5-7-19-8-6-17/h1-4,14,18H,5-8H2. The number of hydrogen-bond acceptors (Lipinski definition) is 4. The molecule has 2 heterocycles. The van der Waals surface area contributed by atoms with Crippen molar-refractivity contribution in [2.75, 3.05) is 26.3 Å². The molecule has 0 aliphatic carbocycles. The number of azo groups is 1. The van der Waals surface area contributed by atoms with E-state index in [4.69, 9.17) is 17.0 Å². The van der Waals surface area contributed by atoms with E-state index in [1.54, 1.807) is 0 Å². The SMILES string of the molecule is Oc1[nH]c2ccccc2c1N=NC(=S)N1CCOCC1. The number of thiocarbonyl (C=S) groups is 1. The molecular formula is C13H14N4O2S. The molecule has 104 valence electrons. The maximum absolute atomic E-state index is 9.87. The fraction of sp³-hybridized carbons (Fsp3) is 0.308. The predicted octanol–water partition coefficient (Wildman–Crippen LogP) is 2.57. The van der Waals surface area contributed by atoms with Crippen molar-refractivity contribution in [2.45, 2.75) is 0 Å². The summed E-state index contributed by atoms with van der Waals surface area (Å²) in [6.45, 7) is 2.73. The van der Waals surface area contributed by atoms with Crippen LogP contribution < -0.4 is 0 Å². The molecule has 0 radical (unpaired) electrons. The second-order valence-corrected chi connectivity index (χ2v) is 4.81. The van der Waals surface area contributed by atoms with Gasteiger partial charge in [0.2, 0.25) is 11.0 Å². The van der Waals surface area contributed by atoms with Crippen LogP contribution in [0.1, 0.15) is 0 Å². The summed E-state index contributed by atoms with van der Waals surface area (Å²) in [6, 6.07) is 7.51. The highest BCUT2D eigenvalue weighted by Gasteiger charge is 2.14. The van der Waals surface area contributed by atoms with E-state index in [1.165, 1.54) is 0 Å². The van der Waals surface area contributed by atoms with E-state index in [0.717, 1.165) is 24.0 Å². The number of morpholine rings is 1. The van der Waals surface area contributed by atoms with Gasteiger partial charge in [-0.25, -0.2) is 0 Å². The summed E-state index contributed by atoms with van der Waals surface area (Å²) in [6.07, 6.45) is 0. The first kappa shape index (κ1) is 13.0. The first-order valence-electron chi connectivity index (χ1n) is 6.34. The predicted molar refractivity (Wildman–Crippen MR) is 79.5 cm³/mol. The van der Waals surface area contributed by atoms with Crippen LogP contribution in [0.15, 0.2) is 34.5 Å². The highest BCUT2D eigenvalue weighted by atomic mass is 32.1. The van der Waals surface area contributed by atoms with Crippen molar-refractivity contribution in [3.63, 3.8) is 0 Å². The van der Waals surface area contributed by atoms with Crippen LogP contribution >= 0.6 is 12.2 Å². The smallest absolute Gasteiger partial charge is 0.218 e. The number of para-hydroxylation sites is 1. The number of nitrogens with zero attached hydrogens (tertiary/aromatic N) is 3. The minimum Gasteiger partial charge on any atom is -0.493 e. The Balaban J connectivity index is 1.83. The average molecular weight is 290 g/mol. The zero-order valence-corrected chi connectivity index (χ0v) is 11.6. The van der Waals surface area contributed by atoms with Gasteiger partial charge >= 0.3 is 0 Å². The lowest BCUT2D eigenvalue weighted by Crippen LogP contribution is -2.38. The number of H-pyrrole nitrogens is 1. The Kier molecular flexibility index (Phi) is 3.62. The summed E-state index contributed by atoms with van der Waals surface area (Å²) in [5.41, 5.74) is 1.23. The van der Waals surface area contributed by atoms with Crippen LogP contribution in [0.4, 0.5) is 5.69 Å². The Labute approximate surface area is 121 Å². The minimum absolute atomic E-state index is 0.000252. The van der Waals surface area contributed by atoms with Gasteiger partial charge in [0.25, 0.3) is 0 Å². The van der Waals surface area contributed by atoms with Gasteiger partial charge in [0.15, 0.2) is 5.69 Å². The number of nitrogens with one attached hydrogen (secondary N) is 1. The van der Waals surface area contributed by atoms with Crippen LogP contribution in [-0.4, -0.2) is 46.4 Å². The molecule has 0 bridgehead atoms. The molecule has 20 heavy (non-hydrogen) atoms. The summed E-state index contributed by atoms with van der Waals surface area (Å²) < 4.78 is 5.26. The van der Waals surface area contributed by atoms with E-state index in [1.807, 2.05) is 29.2 Å². The molecule has 2 aromatic rings. The largest absolute Gasteiger partial charge is 0.493 e. The lowest BCUT2D eigenvalue weighted by atomic mass is 10.2. The first-order valence-corrected chi connectivity index (χ1v) is 6.74. The summed E-state index contributed by atoms with van der Waals surface area (Å²) >= 11 is 5.23. The Morgan fingerprint density at radius 3 is 2.85 bits per heavy atom. The van der Waals surface area contributed by atoms with Gasteiger partial charge in [-0.1, -0.05) is 18.2 Å². The monoisotopic (exact) mass is 290 g/mol. The molecule has 1 aromatic heterocycles.